The number of aliphatic hydroxyl groups excluding tert-OH is 2. The molecule has 0 unspecified atom stereocenters. The molecule has 6 nitrogen and oxygen atoms in total. The average molecular weight is 357 g/mol. The van der Waals surface area contributed by atoms with Gasteiger partial charge in [-0.05, 0) is 12.8 Å². The highest BCUT2D eigenvalue weighted by atomic mass is 16.3. The van der Waals surface area contributed by atoms with Gasteiger partial charge in [0, 0.05) is 31.3 Å². The first-order chi connectivity index (χ1) is 12.0. The standard InChI is InChI=1S/C19H36N2O4/c20-17(24)13-19(15-22,16-23)14-18(25)21-11-9-7-5-3-1-2-4-6-8-10-12-21/h22-23H,1-16H2,(H2,20,24). The van der Waals surface area contributed by atoms with Gasteiger partial charge in [-0.15, -0.1) is 0 Å². The molecule has 1 aliphatic rings. The highest BCUT2D eigenvalue weighted by molar-refractivity contribution is 5.79. The Morgan fingerprint density at radius 3 is 1.52 bits per heavy atom. The Labute approximate surface area is 151 Å². The molecule has 2 amide bonds. The Bertz CT molecular complexity index is 383. The van der Waals surface area contributed by atoms with Crippen molar-refractivity contribution >= 4 is 11.8 Å². The van der Waals surface area contributed by atoms with Crippen LogP contribution in [0.2, 0.25) is 0 Å². The number of hydrogen-bond donors (Lipinski definition) is 3. The first kappa shape index (κ1) is 21.9. The number of nitrogens with zero attached hydrogens (tertiary/aromatic N) is 1. The van der Waals surface area contributed by atoms with Gasteiger partial charge in [-0.3, -0.25) is 9.59 Å². The Morgan fingerprint density at radius 1 is 0.760 bits per heavy atom. The van der Waals surface area contributed by atoms with Crippen LogP contribution in [0.25, 0.3) is 0 Å². The molecule has 25 heavy (non-hydrogen) atoms. The van der Waals surface area contributed by atoms with Crippen LogP contribution in [-0.2, 0) is 9.59 Å². The normalized spacial score (nSPS) is 18.7. The summed E-state index contributed by atoms with van der Waals surface area (Å²) < 4.78 is 0. The van der Waals surface area contributed by atoms with Gasteiger partial charge in [0.2, 0.25) is 11.8 Å². The molecule has 146 valence electrons. The maximum atomic E-state index is 12.7. The van der Waals surface area contributed by atoms with Crippen LogP contribution in [0.1, 0.15) is 77.0 Å². The second-order valence-electron chi connectivity index (χ2n) is 7.55. The summed E-state index contributed by atoms with van der Waals surface area (Å²) in [6, 6.07) is 0. The largest absolute Gasteiger partial charge is 0.396 e. The number of nitrogens with two attached hydrogens (primary N) is 1. The first-order valence-corrected chi connectivity index (χ1v) is 9.81. The number of primary amides is 1. The molecule has 0 radical (unpaired) electrons. The van der Waals surface area contributed by atoms with Crippen LogP contribution in [0, 0.1) is 5.41 Å². The third-order valence-electron chi connectivity index (χ3n) is 5.21. The molecule has 0 atom stereocenters. The molecular weight excluding hydrogens is 320 g/mol. The van der Waals surface area contributed by atoms with Crippen LogP contribution < -0.4 is 5.73 Å². The van der Waals surface area contributed by atoms with Crippen molar-refractivity contribution in [1.29, 1.82) is 0 Å². The average Bonchev–Trinajstić information content (AvgIpc) is 2.61. The van der Waals surface area contributed by atoms with Crippen LogP contribution in [0.5, 0.6) is 0 Å². The van der Waals surface area contributed by atoms with Gasteiger partial charge in [0.15, 0.2) is 0 Å². The third-order valence-corrected chi connectivity index (χ3v) is 5.21. The van der Waals surface area contributed by atoms with E-state index in [1.165, 1.54) is 38.5 Å². The van der Waals surface area contributed by atoms with Crippen molar-refractivity contribution in [3.05, 3.63) is 0 Å². The summed E-state index contributed by atoms with van der Waals surface area (Å²) >= 11 is 0. The molecule has 1 saturated heterocycles. The molecule has 0 aromatic rings. The fourth-order valence-corrected chi connectivity index (χ4v) is 3.52. The van der Waals surface area contributed by atoms with Gasteiger partial charge >= 0.3 is 0 Å². The monoisotopic (exact) mass is 356 g/mol. The topological polar surface area (TPSA) is 104 Å². The quantitative estimate of drug-likeness (QED) is 0.677. The summed E-state index contributed by atoms with van der Waals surface area (Å²) in [4.78, 5) is 25.8. The SMILES string of the molecule is NC(=O)CC(CO)(CO)CC(=O)N1CCCCCCCCCCCC1. The molecule has 1 fully saturated rings. The number of carbonyl (C=O) groups excluding carboxylic acids is 2. The van der Waals surface area contributed by atoms with Gasteiger partial charge in [0.1, 0.15) is 0 Å². The smallest absolute Gasteiger partial charge is 0.223 e. The number of amides is 2. The van der Waals surface area contributed by atoms with Crippen molar-refractivity contribution < 1.29 is 19.8 Å². The lowest BCUT2D eigenvalue weighted by Gasteiger charge is -2.31. The van der Waals surface area contributed by atoms with Gasteiger partial charge < -0.3 is 20.8 Å². The van der Waals surface area contributed by atoms with E-state index in [0.29, 0.717) is 13.1 Å². The predicted molar refractivity (Wildman–Crippen MR) is 97.8 cm³/mol. The zero-order chi connectivity index (χ0) is 18.5. The second kappa shape index (κ2) is 12.3. The van der Waals surface area contributed by atoms with E-state index < -0.39 is 24.5 Å². The van der Waals surface area contributed by atoms with E-state index in [-0.39, 0.29) is 18.7 Å². The van der Waals surface area contributed by atoms with E-state index in [1.807, 2.05) is 4.90 Å². The Balaban J connectivity index is 2.66. The molecule has 0 saturated carbocycles. The maximum absolute atomic E-state index is 12.7. The van der Waals surface area contributed by atoms with Gasteiger partial charge in [0.25, 0.3) is 0 Å². The van der Waals surface area contributed by atoms with E-state index in [0.717, 1.165) is 25.7 Å². The first-order valence-electron chi connectivity index (χ1n) is 9.81. The minimum absolute atomic E-state index is 0.0388. The summed E-state index contributed by atoms with van der Waals surface area (Å²) in [7, 11) is 0. The van der Waals surface area contributed by atoms with Crippen molar-refractivity contribution in [1.82, 2.24) is 4.90 Å². The maximum Gasteiger partial charge on any atom is 0.223 e. The van der Waals surface area contributed by atoms with Crippen molar-refractivity contribution in [2.75, 3.05) is 26.3 Å². The van der Waals surface area contributed by atoms with E-state index >= 15 is 0 Å². The molecule has 0 spiro atoms. The predicted octanol–water partition coefficient (Wildman–Crippen LogP) is 1.97. The highest BCUT2D eigenvalue weighted by Crippen LogP contribution is 2.27. The zero-order valence-corrected chi connectivity index (χ0v) is 15.5. The van der Waals surface area contributed by atoms with Crippen molar-refractivity contribution in [2.45, 2.75) is 77.0 Å². The number of hydrogen-bond acceptors (Lipinski definition) is 4. The van der Waals surface area contributed by atoms with E-state index in [2.05, 4.69) is 0 Å². The highest BCUT2D eigenvalue weighted by Gasteiger charge is 2.35. The third kappa shape index (κ3) is 8.68. The second-order valence-corrected chi connectivity index (χ2v) is 7.55. The number of carbonyl (C=O) groups is 2. The fourth-order valence-electron chi connectivity index (χ4n) is 3.52. The Morgan fingerprint density at radius 2 is 1.16 bits per heavy atom. The van der Waals surface area contributed by atoms with Crippen LogP contribution in [-0.4, -0.2) is 53.2 Å². The summed E-state index contributed by atoms with van der Waals surface area (Å²) in [5.41, 5.74) is 4.08. The Hall–Kier alpha value is -1.14. The van der Waals surface area contributed by atoms with Gasteiger partial charge in [-0.2, -0.15) is 0 Å². The lowest BCUT2D eigenvalue weighted by molar-refractivity contribution is -0.137. The molecular formula is C19H36N2O4. The van der Waals surface area contributed by atoms with Crippen LogP contribution in [0.3, 0.4) is 0 Å². The Kier molecular flexibility index (Phi) is 10.7. The summed E-state index contributed by atoms with van der Waals surface area (Å²) in [6.07, 6.45) is 11.6. The summed E-state index contributed by atoms with van der Waals surface area (Å²) in [5.74, 6) is -0.708. The fraction of sp³-hybridized carbons (Fsp3) is 0.895. The van der Waals surface area contributed by atoms with E-state index in [9.17, 15) is 19.8 Å². The van der Waals surface area contributed by atoms with Crippen LogP contribution in [0.15, 0.2) is 0 Å². The molecule has 0 aromatic heterocycles. The van der Waals surface area contributed by atoms with Gasteiger partial charge in [0.05, 0.1) is 13.2 Å². The van der Waals surface area contributed by atoms with Crippen LogP contribution in [0.4, 0.5) is 0 Å². The molecule has 0 aliphatic carbocycles. The van der Waals surface area contributed by atoms with Crippen molar-refractivity contribution in [3.8, 4) is 0 Å². The minimum Gasteiger partial charge on any atom is -0.396 e. The van der Waals surface area contributed by atoms with Crippen molar-refractivity contribution in [3.63, 3.8) is 0 Å². The van der Waals surface area contributed by atoms with E-state index in [1.54, 1.807) is 0 Å². The molecule has 1 rings (SSSR count). The molecule has 6 heteroatoms. The van der Waals surface area contributed by atoms with Gasteiger partial charge in [-0.25, -0.2) is 0 Å². The summed E-state index contributed by atoms with van der Waals surface area (Å²) in [5, 5.41) is 19.2. The van der Waals surface area contributed by atoms with E-state index in [4.69, 9.17) is 5.73 Å². The lowest BCUT2D eigenvalue weighted by Crippen LogP contribution is -2.42. The summed E-state index contributed by atoms with van der Waals surface area (Å²) in [6.45, 7) is 0.572. The molecule has 1 heterocycles. The van der Waals surface area contributed by atoms with Crippen molar-refractivity contribution in [2.24, 2.45) is 11.1 Å². The molecule has 0 bridgehead atoms. The molecule has 0 aromatic carbocycles. The molecule has 4 N–H and O–H groups in total. The lowest BCUT2D eigenvalue weighted by atomic mass is 9.82. The van der Waals surface area contributed by atoms with Gasteiger partial charge in [-0.1, -0.05) is 51.4 Å². The number of aliphatic hydroxyl groups is 2. The van der Waals surface area contributed by atoms with Crippen LogP contribution >= 0.6 is 0 Å². The number of rotatable bonds is 6. The minimum atomic E-state index is -1.15. The zero-order valence-electron chi connectivity index (χ0n) is 15.5. The molecule has 1 aliphatic heterocycles.